The molecule has 2 heterocycles. The minimum atomic E-state index is -0.459. The molecule has 0 aromatic carbocycles. The molecular formula is C14H19FN4O. The molecule has 2 aliphatic rings. The molecular weight excluding hydrogens is 259 g/mol. The number of halogens is 1. The van der Waals surface area contributed by atoms with E-state index in [0.29, 0.717) is 5.69 Å². The smallest absolute Gasteiger partial charge is 0.228 e. The average molecular weight is 278 g/mol. The first-order valence-electron chi connectivity index (χ1n) is 7.27. The Balaban J connectivity index is 1.71. The van der Waals surface area contributed by atoms with Gasteiger partial charge in [0.25, 0.3) is 0 Å². The summed E-state index contributed by atoms with van der Waals surface area (Å²) in [7, 11) is 0. The first-order chi connectivity index (χ1) is 9.75. The number of amides is 1. The summed E-state index contributed by atoms with van der Waals surface area (Å²) >= 11 is 0. The fourth-order valence-electron chi connectivity index (χ4n) is 2.74. The van der Waals surface area contributed by atoms with Crippen LogP contribution in [0.1, 0.15) is 43.7 Å². The number of carbonyl (C=O) groups is 1. The van der Waals surface area contributed by atoms with Crippen molar-refractivity contribution in [2.24, 2.45) is 5.92 Å². The maximum Gasteiger partial charge on any atom is 0.228 e. The summed E-state index contributed by atoms with van der Waals surface area (Å²) in [4.78, 5) is 20.0. The van der Waals surface area contributed by atoms with E-state index in [9.17, 15) is 9.18 Å². The van der Waals surface area contributed by atoms with Crippen molar-refractivity contribution in [1.29, 1.82) is 0 Å². The SMILES string of the molecule is O=C(Nc1ncnc(C2CCC2)c1F)C1CCNCC1. The van der Waals surface area contributed by atoms with E-state index < -0.39 is 5.82 Å². The van der Waals surface area contributed by atoms with Crippen molar-refractivity contribution in [3.63, 3.8) is 0 Å². The number of hydrogen-bond acceptors (Lipinski definition) is 4. The monoisotopic (exact) mass is 278 g/mol. The second-order valence-electron chi connectivity index (χ2n) is 5.56. The van der Waals surface area contributed by atoms with Crippen LogP contribution in [-0.4, -0.2) is 29.0 Å². The van der Waals surface area contributed by atoms with Gasteiger partial charge in [-0.2, -0.15) is 0 Å². The molecule has 0 spiro atoms. The van der Waals surface area contributed by atoms with Crippen LogP contribution >= 0.6 is 0 Å². The standard InChI is InChI=1S/C14H19FN4O/c15-11-12(9-2-1-3-9)17-8-18-13(11)19-14(20)10-4-6-16-7-5-10/h8-10,16H,1-7H2,(H,17,18,19,20). The normalized spacial score (nSPS) is 20.4. The Bertz CT molecular complexity index is 498. The van der Waals surface area contributed by atoms with E-state index >= 15 is 0 Å². The topological polar surface area (TPSA) is 66.9 Å². The van der Waals surface area contributed by atoms with Crippen LogP contribution in [0.2, 0.25) is 0 Å². The molecule has 1 aliphatic carbocycles. The second kappa shape index (κ2) is 5.83. The van der Waals surface area contributed by atoms with Gasteiger partial charge in [-0.25, -0.2) is 14.4 Å². The van der Waals surface area contributed by atoms with E-state index in [1.165, 1.54) is 6.33 Å². The fraction of sp³-hybridized carbons (Fsp3) is 0.643. The number of hydrogen-bond donors (Lipinski definition) is 2. The van der Waals surface area contributed by atoms with E-state index in [2.05, 4.69) is 20.6 Å². The third kappa shape index (κ3) is 2.65. The summed E-state index contributed by atoms with van der Waals surface area (Å²) < 4.78 is 14.3. The van der Waals surface area contributed by atoms with Crippen LogP contribution < -0.4 is 10.6 Å². The van der Waals surface area contributed by atoms with Gasteiger partial charge in [0.15, 0.2) is 11.6 Å². The number of anilines is 1. The number of carbonyl (C=O) groups excluding carboxylic acids is 1. The van der Waals surface area contributed by atoms with Gasteiger partial charge in [-0.1, -0.05) is 6.42 Å². The molecule has 5 nitrogen and oxygen atoms in total. The highest BCUT2D eigenvalue weighted by Crippen LogP contribution is 2.37. The van der Waals surface area contributed by atoms with Crippen LogP contribution in [0.25, 0.3) is 0 Å². The van der Waals surface area contributed by atoms with Gasteiger partial charge in [-0.05, 0) is 38.8 Å². The van der Waals surface area contributed by atoms with E-state index in [4.69, 9.17) is 0 Å². The average Bonchev–Trinajstić information content (AvgIpc) is 2.42. The lowest BCUT2D eigenvalue weighted by Crippen LogP contribution is -2.35. The Kier molecular flexibility index (Phi) is 3.91. The van der Waals surface area contributed by atoms with Crippen molar-refractivity contribution in [2.45, 2.75) is 38.0 Å². The van der Waals surface area contributed by atoms with Gasteiger partial charge in [-0.15, -0.1) is 0 Å². The molecule has 108 valence electrons. The summed E-state index contributed by atoms with van der Waals surface area (Å²) in [6, 6.07) is 0. The lowest BCUT2D eigenvalue weighted by atomic mass is 9.82. The predicted octanol–water partition coefficient (Wildman–Crippen LogP) is 1.82. The Morgan fingerprint density at radius 3 is 2.65 bits per heavy atom. The van der Waals surface area contributed by atoms with Crippen molar-refractivity contribution >= 4 is 11.7 Å². The van der Waals surface area contributed by atoms with Gasteiger partial charge in [0.05, 0.1) is 5.69 Å². The number of rotatable bonds is 3. The summed E-state index contributed by atoms with van der Waals surface area (Å²) in [5.41, 5.74) is 0.451. The van der Waals surface area contributed by atoms with Gasteiger partial charge in [0.2, 0.25) is 5.91 Å². The molecule has 1 saturated carbocycles. The highest BCUT2D eigenvalue weighted by Gasteiger charge is 2.27. The number of aromatic nitrogens is 2. The molecule has 0 bridgehead atoms. The van der Waals surface area contributed by atoms with Crippen LogP contribution in [0, 0.1) is 11.7 Å². The van der Waals surface area contributed by atoms with Crippen LogP contribution in [-0.2, 0) is 4.79 Å². The number of piperidine rings is 1. The first kappa shape index (κ1) is 13.4. The highest BCUT2D eigenvalue weighted by atomic mass is 19.1. The molecule has 1 saturated heterocycles. The molecule has 1 aliphatic heterocycles. The molecule has 1 aromatic rings. The molecule has 6 heteroatoms. The Labute approximate surface area is 117 Å². The first-order valence-corrected chi connectivity index (χ1v) is 7.27. The highest BCUT2D eigenvalue weighted by molar-refractivity contribution is 5.91. The third-order valence-corrected chi connectivity index (χ3v) is 4.26. The maximum atomic E-state index is 14.3. The quantitative estimate of drug-likeness (QED) is 0.885. The van der Waals surface area contributed by atoms with E-state index in [0.717, 1.165) is 45.2 Å². The van der Waals surface area contributed by atoms with Crippen molar-refractivity contribution in [1.82, 2.24) is 15.3 Å². The zero-order chi connectivity index (χ0) is 13.9. The molecule has 2 N–H and O–H groups in total. The molecule has 0 atom stereocenters. The Morgan fingerprint density at radius 2 is 2.00 bits per heavy atom. The third-order valence-electron chi connectivity index (χ3n) is 4.26. The molecule has 1 amide bonds. The molecule has 0 unspecified atom stereocenters. The molecule has 2 fully saturated rings. The number of nitrogens with one attached hydrogen (secondary N) is 2. The van der Waals surface area contributed by atoms with Crippen molar-refractivity contribution in [3.8, 4) is 0 Å². The van der Waals surface area contributed by atoms with Gasteiger partial charge in [0.1, 0.15) is 6.33 Å². The van der Waals surface area contributed by atoms with Crippen LogP contribution in [0.15, 0.2) is 6.33 Å². The summed E-state index contributed by atoms with van der Waals surface area (Å²) in [5.74, 6) is -0.432. The second-order valence-corrected chi connectivity index (χ2v) is 5.56. The van der Waals surface area contributed by atoms with E-state index in [-0.39, 0.29) is 23.6 Å². The zero-order valence-corrected chi connectivity index (χ0v) is 11.4. The molecule has 3 rings (SSSR count). The lowest BCUT2D eigenvalue weighted by Gasteiger charge is -2.25. The molecule has 0 radical (unpaired) electrons. The summed E-state index contributed by atoms with van der Waals surface area (Å²) in [6.07, 6.45) is 5.97. The van der Waals surface area contributed by atoms with Gasteiger partial charge >= 0.3 is 0 Å². The zero-order valence-electron chi connectivity index (χ0n) is 11.4. The molecule has 20 heavy (non-hydrogen) atoms. The van der Waals surface area contributed by atoms with Crippen molar-refractivity contribution in [2.75, 3.05) is 18.4 Å². The van der Waals surface area contributed by atoms with Crippen molar-refractivity contribution < 1.29 is 9.18 Å². The Morgan fingerprint density at radius 1 is 1.25 bits per heavy atom. The van der Waals surface area contributed by atoms with E-state index in [1.54, 1.807) is 0 Å². The minimum absolute atomic E-state index is 0.0328. The largest absolute Gasteiger partial charge is 0.317 e. The molecule has 1 aromatic heterocycles. The van der Waals surface area contributed by atoms with Crippen LogP contribution in [0.3, 0.4) is 0 Å². The van der Waals surface area contributed by atoms with E-state index in [1.807, 2.05) is 0 Å². The fourth-order valence-corrected chi connectivity index (χ4v) is 2.74. The van der Waals surface area contributed by atoms with Crippen molar-refractivity contribution in [3.05, 3.63) is 17.8 Å². The Hall–Kier alpha value is -1.56. The summed E-state index contributed by atoms with van der Waals surface area (Å²) in [6.45, 7) is 1.66. The van der Waals surface area contributed by atoms with Gasteiger partial charge in [0, 0.05) is 11.8 Å². The van der Waals surface area contributed by atoms with Crippen LogP contribution in [0.5, 0.6) is 0 Å². The predicted molar refractivity (Wildman–Crippen MR) is 72.8 cm³/mol. The van der Waals surface area contributed by atoms with Crippen LogP contribution in [0.4, 0.5) is 10.2 Å². The lowest BCUT2D eigenvalue weighted by molar-refractivity contribution is -0.120. The number of nitrogens with zero attached hydrogens (tertiary/aromatic N) is 2. The van der Waals surface area contributed by atoms with Gasteiger partial charge in [-0.3, -0.25) is 4.79 Å². The van der Waals surface area contributed by atoms with Gasteiger partial charge < -0.3 is 10.6 Å². The minimum Gasteiger partial charge on any atom is -0.317 e. The maximum absolute atomic E-state index is 14.3. The summed E-state index contributed by atoms with van der Waals surface area (Å²) in [5, 5.41) is 5.83.